The Morgan fingerprint density at radius 1 is 1.07 bits per heavy atom. The normalized spacial score (nSPS) is 19.7. The number of halogens is 1. The highest BCUT2D eigenvalue weighted by Gasteiger charge is 2.31. The number of carbonyl (C=O) groups is 1. The third-order valence-electron chi connectivity index (χ3n) is 5.15. The van der Waals surface area contributed by atoms with E-state index in [0.29, 0.717) is 32.5 Å². The van der Waals surface area contributed by atoms with Crippen LogP contribution in [0.2, 0.25) is 0 Å². The predicted octanol–water partition coefficient (Wildman–Crippen LogP) is 2.62. The molecule has 1 atom stereocenters. The summed E-state index contributed by atoms with van der Waals surface area (Å²) >= 11 is 0. The zero-order valence-electron chi connectivity index (χ0n) is 17.1. The maximum absolute atomic E-state index is 13.7. The van der Waals surface area contributed by atoms with Gasteiger partial charge in [0.05, 0.1) is 18.7 Å². The SMILES string of the molecule is O=C(CN1CCCC(O)(COc2ccccc2F)CC1)NCCOc1ccccc1. The van der Waals surface area contributed by atoms with Crippen molar-refractivity contribution < 1.29 is 23.8 Å². The van der Waals surface area contributed by atoms with Crippen LogP contribution in [0.3, 0.4) is 0 Å². The lowest BCUT2D eigenvalue weighted by Crippen LogP contribution is -2.41. The lowest BCUT2D eigenvalue weighted by atomic mass is 9.96. The minimum Gasteiger partial charge on any atom is -0.492 e. The number of likely N-dealkylation sites (tertiary alicyclic amines) is 1. The summed E-state index contributed by atoms with van der Waals surface area (Å²) in [5.74, 6) is 0.407. The molecule has 0 aromatic heterocycles. The van der Waals surface area contributed by atoms with Gasteiger partial charge in [-0.2, -0.15) is 0 Å². The minimum absolute atomic E-state index is 0.0325. The summed E-state index contributed by atoms with van der Waals surface area (Å²) in [4.78, 5) is 14.2. The minimum atomic E-state index is -1.03. The molecule has 6 nitrogen and oxygen atoms in total. The first-order valence-corrected chi connectivity index (χ1v) is 10.3. The fourth-order valence-corrected chi connectivity index (χ4v) is 3.45. The molecule has 162 valence electrons. The van der Waals surface area contributed by atoms with E-state index in [1.807, 2.05) is 35.2 Å². The van der Waals surface area contributed by atoms with Crippen LogP contribution < -0.4 is 14.8 Å². The largest absolute Gasteiger partial charge is 0.492 e. The molecule has 1 fully saturated rings. The van der Waals surface area contributed by atoms with Crippen LogP contribution in [0, 0.1) is 5.82 Å². The molecule has 7 heteroatoms. The Balaban J connectivity index is 1.36. The van der Waals surface area contributed by atoms with Gasteiger partial charge in [-0.3, -0.25) is 9.69 Å². The first kappa shape index (κ1) is 22.1. The van der Waals surface area contributed by atoms with Crippen LogP contribution in [0.5, 0.6) is 11.5 Å². The third kappa shape index (κ3) is 7.00. The Hall–Kier alpha value is -2.64. The van der Waals surface area contributed by atoms with Crippen LogP contribution in [0.4, 0.5) is 4.39 Å². The fourth-order valence-electron chi connectivity index (χ4n) is 3.45. The first-order chi connectivity index (χ1) is 14.5. The van der Waals surface area contributed by atoms with Crippen molar-refractivity contribution in [1.29, 1.82) is 0 Å². The number of hydrogen-bond donors (Lipinski definition) is 2. The van der Waals surface area contributed by atoms with Gasteiger partial charge in [-0.25, -0.2) is 4.39 Å². The maximum Gasteiger partial charge on any atom is 0.234 e. The van der Waals surface area contributed by atoms with Gasteiger partial charge >= 0.3 is 0 Å². The topological polar surface area (TPSA) is 71.0 Å². The quantitative estimate of drug-likeness (QED) is 0.615. The van der Waals surface area contributed by atoms with Crippen LogP contribution in [-0.4, -0.2) is 60.9 Å². The Bertz CT molecular complexity index is 805. The number of nitrogens with zero attached hydrogens (tertiary/aromatic N) is 1. The highest BCUT2D eigenvalue weighted by atomic mass is 19.1. The second-order valence-corrected chi connectivity index (χ2v) is 7.58. The molecule has 0 bridgehead atoms. The predicted molar refractivity (Wildman–Crippen MR) is 112 cm³/mol. The molecule has 1 unspecified atom stereocenters. The molecule has 1 aliphatic rings. The summed E-state index contributed by atoms with van der Waals surface area (Å²) in [7, 11) is 0. The zero-order chi connectivity index (χ0) is 21.2. The van der Waals surface area contributed by atoms with Gasteiger partial charge in [0.1, 0.15) is 19.0 Å². The van der Waals surface area contributed by atoms with Gasteiger partial charge in [-0.1, -0.05) is 30.3 Å². The lowest BCUT2D eigenvalue weighted by Gasteiger charge is -2.27. The average molecular weight is 416 g/mol. The molecule has 3 rings (SSSR count). The van der Waals surface area contributed by atoms with E-state index in [9.17, 15) is 14.3 Å². The van der Waals surface area contributed by atoms with Gasteiger partial charge in [0, 0.05) is 6.54 Å². The van der Waals surface area contributed by atoms with E-state index in [-0.39, 0.29) is 24.8 Å². The monoisotopic (exact) mass is 416 g/mol. The molecule has 0 aliphatic carbocycles. The lowest BCUT2D eigenvalue weighted by molar-refractivity contribution is -0.122. The molecule has 0 spiro atoms. The van der Waals surface area contributed by atoms with Crippen molar-refractivity contribution in [2.45, 2.75) is 24.9 Å². The molecule has 0 radical (unpaired) electrons. The number of amides is 1. The number of carbonyl (C=O) groups excluding carboxylic acids is 1. The van der Waals surface area contributed by atoms with Gasteiger partial charge in [0.2, 0.25) is 5.91 Å². The number of rotatable bonds is 9. The number of nitrogens with one attached hydrogen (secondary N) is 1. The Morgan fingerprint density at radius 2 is 1.83 bits per heavy atom. The zero-order valence-corrected chi connectivity index (χ0v) is 17.1. The molecule has 2 N–H and O–H groups in total. The Labute approximate surface area is 176 Å². The van der Waals surface area contributed by atoms with Crippen molar-refractivity contribution >= 4 is 5.91 Å². The summed E-state index contributed by atoms with van der Waals surface area (Å²) in [6.45, 7) is 2.44. The third-order valence-corrected chi connectivity index (χ3v) is 5.15. The van der Waals surface area contributed by atoms with Crippen LogP contribution in [0.15, 0.2) is 54.6 Å². The second kappa shape index (κ2) is 10.9. The van der Waals surface area contributed by atoms with Gasteiger partial charge in [-0.05, 0) is 50.1 Å². The van der Waals surface area contributed by atoms with Gasteiger partial charge in [-0.15, -0.1) is 0 Å². The summed E-state index contributed by atoms with van der Waals surface area (Å²) in [5, 5.41) is 13.7. The maximum atomic E-state index is 13.7. The second-order valence-electron chi connectivity index (χ2n) is 7.58. The average Bonchev–Trinajstić information content (AvgIpc) is 2.93. The van der Waals surface area contributed by atoms with Crippen LogP contribution in [0.1, 0.15) is 19.3 Å². The number of aliphatic hydroxyl groups is 1. The van der Waals surface area contributed by atoms with Crippen molar-refractivity contribution in [2.24, 2.45) is 0 Å². The molecule has 0 saturated carbocycles. The molecule has 2 aromatic rings. The number of benzene rings is 2. The van der Waals surface area contributed by atoms with E-state index < -0.39 is 11.4 Å². The summed E-state index contributed by atoms with van der Waals surface area (Å²) in [6, 6.07) is 15.6. The van der Waals surface area contributed by atoms with Crippen LogP contribution in [0.25, 0.3) is 0 Å². The van der Waals surface area contributed by atoms with Crippen molar-refractivity contribution in [3.63, 3.8) is 0 Å². The van der Waals surface area contributed by atoms with E-state index in [1.165, 1.54) is 6.07 Å². The molecular formula is C23H29FN2O4. The smallest absolute Gasteiger partial charge is 0.234 e. The summed E-state index contributed by atoms with van der Waals surface area (Å²) < 4.78 is 24.8. The highest BCUT2D eigenvalue weighted by Crippen LogP contribution is 2.25. The Kier molecular flexibility index (Phi) is 8.04. The van der Waals surface area contributed by atoms with Gasteiger partial charge in [0.15, 0.2) is 11.6 Å². The van der Waals surface area contributed by atoms with Crippen LogP contribution >= 0.6 is 0 Å². The van der Waals surface area contributed by atoms with Crippen molar-refractivity contribution in [2.75, 3.05) is 39.4 Å². The van der Waals surface area contributed by atoms with E-state index in [0.717, 1.165) is 18.7 Å². The van der Waals surface area contributed by atoms with E-state index in [2.05, 4.69) is 5.32 Å². The molecule has 1 saturated heterocycles. The van der Waals surface area contributed by atoms with Gasteiger partial charge < -0.3 is 19.9 Å². The summed E-state index contributed by atoms with van der Waals surface area (Å²) in [6.07, 6.45) is 1.75. The Morgan fingerprint density at radius 3 is 2.63 bits per heavy atom. The molecule has 2 aromatic carbocycles. The van der Waals surface area contributed by atoms with Crippen LogP contribution in [-0.2, 0) is 4.79 Å². The van der Waals surface area contributed by atoms with E-state index in [4.69, 9.17) is 9.47 Å². The number of para-hydroxylation sites is 2. The van der Waals surface area contributed by atoms with E-state index >= 15 is 0 Å². The van der Waals surface area contributed by atoms with Crippen molar-refractivity contribution in [3.05, 3.63) is 60.4 Å². The van der Waals surface area contributed by atoms with Crippen molar-refractivity contribution in [1.82, 2.24) is 10.2 Å². The van der Waals surface area contributed by atoms with E-state index in [1.54, 1.807) is 18.2 Å². The summed E-state index contributed by atoms with van der Waals surface area (Å²) in [5.41, 5.74) is -1.03. The molecule has 1 amide bonds. The number of hydrogen-bond acceptors (Lipinski definition) is 5. The highest BCUT2D eigenvalue weighted by molar-refractivity contribution is 5.78. The molecular weight excluding hydrogens is 387 g/mol. The standard InChI is InChI=1S/C23H29FN2O4/c24-20-9-4-5-10-21(20)30-18-23(28)11-6-14-26(15-12-23)17-22(27)25-13-16-29-19-7-2-1-3-8-19/h1-5,7-10,28H,6,11-18H2,(H,25,27). The first-order valence-electron chi connectivity index (χ1n) is 10.3. The van der Waals surface area contributed by atoms with Gasteiger partial charge in [0.25, 0.3) is 0 Å². The molecule has 1 aliphatic heterocycles. The fraction of sp³-hybridized carbons (Fsp3) is 0.435. The number of ether oxygens (including phenoxy) is 2. The molecule has 30 heavy (non-hydrogen) atoms. The molecule has 1 heterocycles. The van der Waals surface area contributed by atoms with Crippen molar-refractivity contribution in [3.8, 4) is 11.5 Å².